The number of rotatable bonds is 6. The van der Waals surface area contributed by atoms with E-state index in [2.05, 4.69) is 0 Å². The average Bonchev–Trinajstić information content (AvgIpc) is 2.36. The van der Waals surface area contributed by atoms with Gasteiger partial charge in [0.25, 0.3) is 0 Å². The molecule has 0 saturated heterocycles. The summed E-state index contributed by atoms with van der Waals surface area (Å²) in [5, 5.41) is 0. The lowest BCUT2D eigenvalue weighted by Gasteiger charge is -2.12. The number of hydrogen-bond acceptors (Lipinski definition) is 4. The van der Waals surface area contributed by atoms with Crippen molar-refractivity contribution in [2.45, 2.75) is 13.8 Å². The van der Waals surface area contributed by atoms with Crippen LogP contribution in [0.5, 0.6) is 5.75 Å². The van der Waals surface area contributed by atoms with Gasteiger partial charge in [-0.25, -0.2) is 0 Å². The van der Waals surface area contributed by atoms with Gasteiger partial charge in [-0.3, -0.25) is 9.59 Å². The van der Waals surface area contributed by atoms with Crippen LogP contribution in [0, 0.1) is 5.92 Å². The highest BCUT2D eigenvalue weighted by molar-refractivity contribution is 5.75. The zero-order chi connectivity index (χ0) is 12.7. The largest absolute Gasteiger partial charge is 0.493 e. The van der Waals surface area contributed by atoms with Gasteiger partial charge in [-0.05, 0) is 26.0 Å². The number of aldehydes is 1. The molecular weight excluding hydrogens is 220 g/mol. The van der Waals surface area contributed by atoms with E-state index in [1.165, 1.54) is 0 Å². The summed E-state index contributed by atoms with van der Waals surface area (Å²) >= 11 is 0. The molecule has 1 rings (SSSR count). The molecule has 17 heavy (non-hydrogen) atoms. The lowest BCUT2D eigenvalue weighted by molar-refractivity contribution is -0.148. The van der Waals surface area contributed by atoms with Crippen LogP contribution in [0.15, 0.2) is 24.3 Å². The lowest BCUT2D eigenvalue weighted by atomic mass is 10.2. The number of carbonyl (C=O) groups excluding carboxylic acids is 2. The molecule has 0 saturated carbocycles. The Hall–Kier alpha value is -1.84. The third-order valence-electron chi connectivity index (χ3n) is 2.18. The van der Waals surface area contributed by atoms with E-state index in [0.29, 0.717) is 17.9 Å². The molecule has 0 aliphatic heterocycles. The molecule has 0 amide bonds. The second kappa shape index (κ2) is 6.68. The number of benzene rings is 1. The zero-order valence-electron chi connectivity index (χ0n) is 10.0. The fraction of sp³-hybridized carbons (Fsp3) is 0.385. The van der Waals surface area contributed by atoms with Gasteiger partial charge in [0.2, 0.25) is 0 Å². The summed E-state index contributed by atoms with van der Waals surface area (Å²) < 4.78 is 10.3. The normalized spacial score (nSPS) is 11.6. The van der Waals surface area contributed by atoms with Crippen LogP contribution in [0.3, 0.4) is 0 Å². The van der Waals surface area contributed by atoms with Crippen molar-refractivity contribution in [1.82, 2.24) is 0 Å². The van der Waals surface area contributed by atoms with Gasteiger partial charge in [0, 0.05) is 5.56 Å². The number of hydrogen-bond donors (Lipinski definition) is 0. The van der Waals surface area contributed by atoms with Crippen LogP contribution in [0.25, 0.3) is 0 Å². The first-order valence-corrected chi connectivity index (χ1v) is 5.52. The van der Waals surface area contributed by atoms with Gasteiger partial charge in [-0.2, -0.15) is 0 Å². The maximum atomic E-state index is 11.3. The minimum Gasteiger partial charge on any atom is -0.493 e. The van der Waals surface area contributed by atoms with Crippen LogP contribution in [0.1, 0.15) is 24.2 Å². The Morgan fingerprint density at radius 1 is 1.47 bits per heavy atom. The Bertz CT molecular complexity index is 387. The molecule has 0 heterocycles. The Morgan fingerprint density at radius 2 is 2.24 bits per heavy atom. The topological polar surface area (TPSA) is 52.6 Å². The second-order valence-electron chi connectivity index (χ2n) is 3.65. The van der Waals surface area contributed by atoms with Crippen LogP contribution in [0.4, 0.5) is 0 Å². The van der Waals surface area contributed by atoms with Crippen molar-refractivity contribution in [1.29, 1.82) is 0 Å². The first-order valence-electron chi connectivity index (χ1n) is 5.52. The van der Waals surface area contributed by atoms with Crippen LogP contribution in [-0.4, -0.2) is 25.5 Å². The van der Waals surface area contributed by atoms with E-state index in [-0.39, 0.29) is 18.5 Å². The van der Waals surface area contributed by atoms with Crippen LogP contribution in [0.2, 0.25) is 0 Å². The van der Waals surface area contributed by atoms with Gasteiger partial charge in [-0.15, -0.1) is 0 Å². The molecule has 4 nitrogen and oxygen atoms in total. The van der Waals surface area contributed by atoms with E-state index in [4.69, 9.17) is 9.47 Å². The molecule has 0 fully saturated rings. The molecule has 1 unspecified atom stereocenters. The minimum atomic E-state index is -0.324. The highest BCUT2D eigenvalue weighted by Crippen LogP contribution is 2.13. The van der Waals surface area contributed by atoms with E-state index in [1.54, 1.807) is 38.1 Å². The van der Waals surface area contributed by atoms with Crippen LogP contribution < -0.4 is 4.74 Å². The van der Waals surface area contributed by atoms with Gasteiger partial charge in [0.1, 0.15) is 18.6 Å². The number of ether oxygens (including phenoxy) is 2. The summed E-state index contributed by atoms with van der Waals surface area (Å²) in [6.45, 7) is 4.10. The van der Waals surface area contributed by atoms with Crippen molar-refractivity contribution < 1.29 is 19.1 Å². The number of esters is 1. The predicted octanol–water partition coefficient (Wildman–Crippen LogP) is 2.08. The van der Waals surface area contributed by atoms with E-state index < -0.39 is 0 Å². The molecule has 0 aliphatic carbocycles. The van der Waals surface area contributed by atoms with Crippen molar-refractivity contribution in [3.63, 3.8) is 0 Å². The quantitative estimate of drug-likeness (QED) is 0.560. The lowest BCUT2D eigenvalue weighted by Crippen LogP contribution is -2.21. The second-order valence-corrected chi connectivity index (χ2v) is 3.65. The Kier molecular flexibility index (Phi) is 5.20. The molecule has 0 aromatic heterocycles. The third-order valence-corrected chi connectivity index (χ3v) is 2.18. The van der Waals surface area contributed by atoms with Gasteiger partial charge >= 0.3 is 5.97 Å². The number of carbonyl (C=O) groups is 2. The van der Waals surface area contributed by atoms with Gasteiger partial charge < -0.3 is 9.47 Å². The summed E-state index contributed by atoms with van der Waals surface area (Å²) in [5.74, 6) is -0.0281. The highest BCUT2D eigenvalue weighted by atomic mass is 16.5. The zero-order valence-corrected chi connectivity index (χ0v) is 10.0. The smallest absolute Gasteiger partial charge is 0.312 e. The molecule has 1 aromatic carbocycles. The first-order chi connectivity index (χ1) is 8.17. The van der Waals surface area contributed by atoms with Gasteiger partial charge in [0.15, 0.2) is 0 Å². The molecule has 0 bridgehead atoms. The fourth-order valence-electron chi connectivity index (χ4n) is 1.25. The van der Waals surface area contributed by atoms with Crippen LogP contribution in [-0.2, 0) is 9.53 Å². The minimum absolute atomic E-state index is 0.237. The van der Waals surface area contributed by atoms with E-state index in [0.717, 1.165) is 6.29 Å². The summed E-state index contributed by atoms with van der Waals surface area (Å²) in [6.07, 6.45) is 0.752. The first kappa shape index (κ1) is 13.2. The molecule has 92 valence electrons. The summed E-state index contributed by atoms with van der Waals surface area (Å²) in [6, 6.07) is 6.79. The third kappa shape index (κ3) is 4.26. The molecule has 1 atom stereocenters. The monoisotopic (exact) mass is 236 g/mol. The van der Waals surface area contributed by atoms with Crippen molar-refractivity contribution in [2.24, 2.45) is 5.92 Å². The van der Waals surface area contributed by atoms with E-state index >= 15 is 0 Å². The average molecular weight is 236 g/mol. The van der Waals surface area contributed by atoms with Gasteiger partial charge in [0.05, 0.1) is 12.5 Å². The molecule has 0 aliphatic rings. The summed E-state index contributed by atoms with van der Waals surface area (Å²) in [7, 11) is 0. The standard InChI is InChI=1S/C13H16O4/c1-3-16-13(15)10(2)9-17-12-6-4-5-11(7-12)8-14/h4-8,10H,3,9H2,1-2H3. The van der Waals surface area contributed by atoms with E-state index in [1.807, 2.05) is 0 Å². The van der Waals surface area contributed by atoms with E-state index in [9.17, 15) is 9.59 Å². The maximum absolute atomic E-state index is 11.3. The Morgan fingerprint density at radius 3 is 2.88 bits per heavy atom. The highest BCUT2D eigenvalue weighted by Gasteiger charge is 2.14. The Balaban J connectivity index is 2.49. The molecule has 0 radical (unpaired) electrons. The fourth-order valence-corrected chi connectivity index (χ4v) is 1.25. The Labute approximate surface area is 101 Å². The SMILES string of the molecule is CCOC(=O)C(C)COc1cccc(C=O)c1. The molecule has 4 heteroatoms. The molecular formula is C13H16O4. The predicted molar refractivity (Wildman–Crippen MR) is 63.1 cm³/mol. The molecule has 0 N–H and O–H groups in total. The summed E-state index contributed by atoms with van der Waals surface area (Å²) in [4.78, 5) is 21.9. The molecule has 0 spiro atoms. The van der Waals surface area contributed by atoms with Crippen molar-refractivity contribution in [3.05, 3.63) is 29.8 Å². The summed E-state index contributed by atoms with van der Waals surface area (Å²) in [5.41, 5.74) is 0.547. The maximum Gasteiger partial charge on any atom is 0.312 e. The van der Waals surface area contributed by atoms with Gasteiger partial charge in [-0.1, -0.05) is 12.1 Å². The van der Waals surface area contributed by atoms with Crippen molar-refractivity contribution >= 4 is 12.3 Å². The van der Waals surface area contributed by atoms with Crippen LogP contribution >= 0.6 is 0 Å². The molecule has 1 aromatic rings. The van der Waals surface area contributed by atoms with Crippen molar-refractivity contribution in [3.8, 4) is 5.75 Å². The van der Waals surface area contributed by atoms with Crippen molar-refractivity contribution in [2.75, 3.05) is 13.2 Å².